The van der Waals surface area contributed by atoms with Gasteiger partial charge < -0.3 is 15.5 Å². The summed E-state index contributed by atoms with van der Waals surface area (Å²) >= 11 is 6.01. The third-order valence-electron chi connectivity index (χ3n) is 2.92. The molecule has 2 heterocycles. The number of hydrogen-bond acceptors (Lipinski definition) is 4. The summed E-state index contributed by atoms with van der Waals surface area (Å²) in [5.74, 6) is 0.344. The molecule has 0 unspecified atom stereocenters. The van der Waals surface area contributed by atoms with Gasteiger partial charge in [0, 0.05) is 39.3 Å². The summed E-state index contributed by atoms with van der Waals surface area (Å²) in [6.07, 6.45) is 1.81. The molecular formula is C12H15ClN4O2. The first kappa shape index (κ1) is 13.6. The van der Waals surface area contributed by atoms with Gasteiger partial charge in [0.1, 0.15) is 5.82 Å². The van der Waals surface area contributed by atoms with Gasteiger partial charge in [-0.15, -0.1) is 0 Å². The molecule has 0 saturated carbocycles. The van der Waals surface area contributed by atoms with Gasteiger partial charge in [0.25, 0.3) is 5.91 Å². The number of carbonyl (C=O) groups excluding carboxylic acids is 2. The zero-order valence-corrected chi connectivity index (χ0v) is 11.3. The van der Waals surface area contributed by atoms with Gasteiger partial charge in [-0.25, -0.2) is 4.98 Å². The number of nitrogens with zero attached hydrogens (tertiary/aromatic N) is 2. The standard InChI is InChI=1S/C12H15ClN4O2/c1-14-11-9(13)6-8(7-16-11)12(19)17-4-2-10(18)15-3-5-17/h6-7H,2-5H2,1H3,(H,14,16)(H,15,18). The highest BCUT2D eigenvalue weighted by Gasteiger charge is 2.20. The lowest BCUT2D eigenvalue weighted by Crippen LogP contribution is -2.34. The van der Waals surface area contributed by atoms with E-state index in [-0.39, 0.29) is 11.8 Å². The van der Waals surface area contributed by atoms with Crippen LogP contribution in [0.15, 0.2) is 12.3 Å². The molecule has 1 aromatic rings. The molecule has 0 bridgehead atoms. The summed E-state index contributed by atoms with van der Waals surface area (Å²) in [5, 5.41) is 5.96. The number of amides is 2. The van der Waals surface area contributed by atoms with E-state index in [0.29, 0.717) is 42.5 Å². The van der Waals surface area contributed by atoms with Crippen molar-refractivity contribution in [2.24, 2.45) is 0 Å². The van der Waals surface area contributed by atoms with E-state index in [1.807, 2.05) is 0 Å². The third-order valence-corrected chi connectivity index (χ3v) is 3.21. The van der Waals surface area contributed by atoms with Crippen molar-refractivity contribution in [2.75, 3.05) is 32.0 Å². The maximum Gasteiger partial charge on any atom is 0.255 e. The van der Waals surface area contributed by atoms with Crippen LogP contribution in [0.2, 0.25) is 5.02 Å². The van der Waals surface area contributed by atoms with E-state index < -0.39 is 0 Å². The van der Waals surface area contributed by atoms with Gasteiger partial charge in [-0.2, -0.15) is 0 Å². The smallest absolute Gasteiger partial charge is 0.255 e. The normalized spacial score (nSPS) is 15.7. The Balaban J connectivity index is 2.14. The lowest BCUT2D eigenvalue weighted by Gasteiger charge is -2.19. The highest BCUT2D eigenvalue weighted by Crippen LogP contribution is 2.20. The summed E-state index contributed by atoms with van der Waals surface area (Å²) in [4.78, 5) is 29.2. The summed E-state index contributed by atoms with van der Waals surface area (Å²) in [6, 6.07) is 1.59. The lowest BCUT2D eigenvalue weighted by atomic mass is 10.2. The first-order valence-electron chi connectivity index (χ1n) is 6.01. The molecule has 1 aliphatic heterocycles. The Morgan fingerprint density at radius 2 is 2.32 bits per heavy atom. The van der Waals surface area contributed by atoms with Gasteiger partial charge in [0.05, 0.1) is 10.6 Å². The van der Waals surface area contributed by atoms with Crippen molar-refractivity contribution >= 4 is 29.2 Å². The number of halogens is 1. The minimum Gasteiger partial charge on any atom is -0.372 e. The van der Waals surface area contributed by atoms with Gasteiger partial charge in [0.2, 0.25) is 5.91 Å². The predicted octanol–water partition coefficient (Wildman–Crippen LogP) is 0.739. The minimum absolute atomic E-state index is 0.0306. The summed E-state index contributed by atoms with van der Waals surface area (Å²) in [5.41, 5.74) is 0.429. The van der Waals surface area contributed by atoms with Crippen LogP contribution < -0.4 is 10.6 Å². The van der Waals surface area contributed by atoms with Gasteiger partial charge in [0.15, 0.2) is 0 Å². The van der Waals surface area contributed by atoms with Gasteiger partial charge in [-0.1, -0.05) is 11.6 Å². The summed E-state index contributed by atoms with van der Waals surface area (Å²) in [6.45, 7) is 1.38. The zero-order valence-electron chi connectivity index (χ0n) is 10.6. The Bertz CT molecular complexity index is 507. The molecule has 1 aromatic heterocycles. The van der Waals surface area contributed by atoms with Crippen molar-refractivity contribution in [3.8, 4) is 0 Å². The molecule has 1 saturated heterocycles. The van der Waals surface area contributed by atoms with E-state index in [1.54, 1.807) is 18.0 Å². The number of aromatic nitrogens is 1. The number of nitrogens with one attached hydrogen (secondary N) is 2. The largest absolute Gasteiger partial charge is 0.372 e. The average molecular weight is 283 g/mol. The fourth-order valence-corrected chi connectivity index (χ4v) is 2.15. The molecular weight excluding hydrogens is 268 g/mol. The molecule has 6 nitrogen and oxygen atoms in total. The number of carbonyl (C=O) groups is 2. The highest BCUT2D eigenvalue weighted by atomic mass is 35.5. The molecule has 102 valence electrons. The maximum atomic E-state index is 12.3. The summed E-state index contributed by atoms with van der Waals surface area (Å²) < 4.78 is 0. The van der Waals surface area contributed by atoms with E-state index >= 15 is 0 Å². The Morgan fingerprint density at radius 3 is 3.00 bits per heavy atom. The topological polar surface area (TPSA) is 74.3 Å². The molecule has 0 radical (unpaired) electrons. The van der Waals surface area contributed by atoms with Crippen LogP contribution in [0.5, 0.6) is 0 Å². The van der Waals surface area contributed by atoms with Crippen LogP contribution in [0.1, 0.15) is 16.8 Å². The van der Waals surface area contributed by atoms with Crippen LogP contribution in [0.4, 0.5) is 5.82 Å². The van der Waals surface area contributed by atoms with E-state index in [0.717, 1.165) is 0 Å². The van der Waals surface area contributed by atoms with Gasteiger partial charge in [-0.05, 0) is 6.07 Å². The Kier molecular flexibility index (Phi) is 4.21. The predicted molar refractivity (Wildman–Crippen MR) is 72.3 cm³/mol. The van der Waals surface area contributed by atoms with E-state index in [2.05, 4.69) is 15.6 Å². The molecule has 2 amide bonds. The van der Waals surface area contributed by atoms with E-state index in [1.165, 1.54) is 6.20 Å². The minimum atomic E-state index is -0.159. The Labute approximate surface area is 116 Å². The van der Waals surface area contributed by atoms with Gasteiger partial charge >= 0.3 is 0 Å². The first-order valence-corrected chi connectivity index (χ1v) is 6.39. The molecule has 19 heavy (non-hydrogen) atoms. The van der Waals surface area contributed by atoms with Crippen LogP contribution in [0.3, 0.4) is 0 Å². The number of rotatable bonds is 2. The first-order chi connectivity index (χ1) is 9.11. The van der Waals surface area contributed by atoms with Crippen molar-refractivity contribution in [1.29, 1.82) is 0 Å². The van der Waals surface area contributed by atoms with Crippen molar-refractivity contribution in [1.82, 2.24) is 15.2 Å². The molecule has 0 aromatic carbocycles. The van der Waals surface area contributed by atoms with E-state index in [4.69, 9.17) is 11.6 Å². The molecule has 1 aliphatic rings. The summed E-state index contributed by atoms with van der Waals surface area (Å²) in [7, 11) is 1.71. The maximum absolute atomic E-state index is 12.3. The quantitative estimate of drug-likeness (QED) is 0.839. The Morgan fingerprint density at radius 1 is 1.53 bits per heavy atom. The molecule has 0 aliphatic carbocycles. The van der Waals surface area contributed by atoms with Crippen molar-refractivity contribution in [2.45, 2.75) is 6.42 Å². The molecule has 2 N–H and O–H groups in total. The second kappa shape index (κ2) is 5.88. The third kappa shape index (κ3) is 3.14. The SMILES string of the molecule is CNc1ncc(C(=O)N2CCNC(=O)CC2)cc1Cl. The number of anilines is 1. The zero-order chi connectivity index (χ0) is 13.8. The Hall–Kier alpha value is -1.82. The molecule has 7 heteroatoms. The van der Waals surface area contributed by atoms with E-state index in [9.17, 15) is 9.59 Å². The average Bonchev–Trinajstić information content (AvgIpc) is 2.62. The lowest BCUT2D eigenvalue weighted by molar-refractivity contribution is -0.120. The van der Waals surface area contributed by atoms with Crippen LogP contribution in [0.25, 0.3) is 0 Å². The van der Waals surface area contributed by atoms with Gasteiger partial charge in [-0.3, -0.25) is 9.59 Å². The van der Waals surface area contributed by atoms with Crippen molar-refractivity contribution in [3.05, 3.63) is 22.8 Å². The second-order valence-corrected chi connectivity index (χ2v) is 4.60. The van der Waals surface area contributed by atoms with Crippen LogP contribution in [0, 0.1) is 0 Å². The molecule has 2 rings (SSSR count). The van der Waals surface area contributed by atoms with Crippen LogP contribution >= 0.6 is 11.6 Å². The monoisotopic (exact) mass is 282 g/mol. The second-order valence-electron chi connectivity index (χ2n) is 4.20. The molecule has 0 atom stereocenters. The van der Waals surface area contributed by atoms with Crippen LogP contribution in [-0.4, -0.2) is 48.4 Å². The van der Waals surface area contributed by atoms with Crippen LogP contribution in [-0.2, 0) is 4.79 Å². The highest BCUT2D eigenvalue weighted by molar-refractivity contribution is 6.33. The fourth-order valence-electron chi connectivity index (χ4n) is 1.89. The van der Waals surface area contributed by atoms with Crippen molar-refractivity contribution in [3.63, 3.8) is 0 Å². The molecule has 1 fully saturated rings. The number of pyridine rings is 1. The molecule has 0 spiro atoms. The fraction of sp³-hybridized carbons (Fsp3) is 0.417. The number of hydrogen-bond donors (Lipinski definition) is 2. The van der Waals surface area contributed by atoms with Crippen molar-refractivity contribution < 1.29 is 9.59 Å².